The monoisotopic (exact) mass is 398 g/mol. The van der Waals surface area contributed by atoms with E-state index in [2.05, 4.69) is 30.9 Å². The first kappa shape index (κ1) is 22.7. The maximum atomic E-state index is 11.3. The molecule has 1 heterocycles. The predicted molar refractivity (Wildman–Crippen MR) is 116 cm³/mol. The molecule has 1 aromatic heterocycles. The van der Waals surface area contributed by atoms with Crippen molar-refractivity contribution in [2.45, 2.75) is 52.6 Å². The molecule has 29 heavy (non-hydrogen) atoms. The van der Waals surface area contributed by atoms with E-state index in [1.807, 2.05) is 24.3 Å². The highest BCUT2D eigenvalue weighted by Gasteiger charge is 2.12. The Morgan fingerprint density at radius 2 is 1.90 bits per heavy atom. The second-order valence-electron chi connectivity index (χ2n) is 7.71. The van der Waals surface area contributed by atoms with Crippen molar-refractivity contribution in [3.63, 3.8) is 0 Å². The van der Waals surface area contributed by atoms with E-state index >= 15 is 0 Å². The van der Waals surface area contributed by atoms with Gasteiger partial charge >= 0.3 is 5.63 Å². The molecular weight excluding hydrogens is 368 g/mol. The second-order valence-corrected chi connectivity index (χ2v) is 7.71. The zero-order valence-electron chi connectivity index (χ0n) is 17.6. The molecular formula is C24H30O5. The van der Waals surface area contributed by atoms with Gasteiger partial charge in [-0.3, -0.25) is 5.26 Å². The summed E-state index contributed by atoms with van der Waals surface area (Å²) in [5.41, 5.74) is 2.04. The van der Waals surface area contributed by atoms with Gasteiger partial charge in [-0.05, 0) is 71.2 Å². The highest BCUT2D eigenvalue weighted by atomic mass is 17.1. The van der Waals surface area contributed by atoms with E-state index in [0.717, 1.165) is 24.6 Å². The number of rotatable bonds is 10. The first-order valence-corrected chi connectivity index (χ1v) is 9.77. The molecule has 0 saturated carbocycles. The van der Waals surface area contributed by atoms with Gasteiger partial charge in [-0.15, -0.1) is 0 Å². The molecule has 1 aromatic carbocycles. The van der Waals surface area contributed by atoms with E-state index in [1.165, 1.54) is 17.2 Å². The molecule has 0 fully saturated rings. The van der Waals surface area contributed by atoms with Gasteiger partial charge in [0.1, 0.15) is 23.5 Å². The molecule has 2 aromatic rings. The molecule has 2 rings (SSSR count). The lowest BCUT2D eigenvalue weighted by Gasteiger charge is -2.14. The van der Waals surface area contributed by atoms with Crippen molar-refractivity contribution in [1.29, 1.82) is 0 Å². The zero-order chi connectivity index (χ0) is 21.3. The van der Waals surface area contributed by atoms with Crippen LogP contribution in [0.3, 0.4) is 0 Å². The average molecular weight is 398 g/mol. The first-order chi connectivity index (χ1) is 13.8. The Labute approximate surface area is 171 Å². The molecule has 1 N–H and O–H groups in total. The zero-order valence-corrected chi connectivity index (χ0v) is 17.6. The van der Waals surface area contributed by atoms with Gasteiger partial charge in [0.25, 0.3) is 0 Å². The molecule has 5 nitrogen and oxygen atoms in total. The van der Waals surface area contributed by atoms with E-state index in [4.69, 9.17) is 14.4 Å². The fraction of sp³-hybridized carbons (Fsp3) is 0.375. The van der Waals surface area contributed by atoms with Crippen LogP contribution in [0.15, 0.2) is 75.0 Å². The second kappa shape index (κ2) is 10.8. The third-order valence-electron chi connectivity index (χ3n) is 4.50. The van der Waals surface area contributed by atoms with Crippen LogP contribution in [0.25, 0.3) is 11.0 Å². The molecule has 0 aliphatic heterocycles. The Morgan fingerprint density at radius 1 is 1.14 bits per heavy atom. The minimum absolute atomic E-state index is 0.366. The van der Waals surface area contributed by atoms with Gasteiger partial charge in [0.05, 0.1) is 0 Å². The first-order valence-electron chi connectivity index (χ1n) is 9.77. The quantitative estimate of drug-likeness (QED) is 0.228. The molecule has 0 aliphatic rings. The van der Waals surface area contributed by atoms with Crippen molar-refractivity contribution in [2.75, 3.05) is 6.61 Å². The molecule has 156 valence electrons. The summed E-state index contributed by atoms with van der Waals surface area (Å²) >= 11 is 0. The highest BCUT2D eigenvalue weighted by Crippen LogP contribution is 2.19. The molecule has 0 bridgehead atoms. The number of fused-ring (bicyclic) bond motifs is 1. The van der Waals surface area contributed by atoms with Crippen molar-refractivity contribution in [1.82, 2.24) is 0 Å². The fourth-order valence-electron chi connectivity index (χ4n) is 2.70. The lowest BCUT2D eigenvalue weighted by molar-refractivity contribution is -0.297. The number of ether oxygens (including phenoxy) is 1. The van der Waals surface area contributed by atoms with Gasteiger partial charge in [0.15, 0.2) is 0 Å². The molecule has 0 aliphatic carbocycles. The summed E-state index contributed by atoms with van der Waals surface area (Å²) in [6.07, 6.45) is 10.9. The SMILES string of the molecule is CC(=CCCC(C)=CCOc1ccc2ccc(=O)oc2c1)CC=CC(C)(C)OO. The Bertz CT molecular complexity index is 947. The van der Waals surface area contributed by atoms with Gasteiger partial charge in [-0.2, -0.15) is 0 Å². The maximum absolute atomic E-state index is 11.3. The summed E-state index contributed by atoms with van der Waals surface area (Å²) in [4.78, 5) is 15.7. The topological polar surface area (TPSA) is 68.9 Å². The van der Waals surface area contributed by atoms with Crippen molar-refractivity contribution < 1.29 is 19.3 Å². The van der Waals surface area contributed by atoms with E-state index in [1.54, 1.807) is 26.0 Å². The van der Waals surface area contributed by atoms with Crippen molar-refractivity contribution >= 4 is 11.0 Å². The van der Waals surface area contributed by atoms with Crippen molar-refractivity contribution in [3.8, 4) is 5.75 Å². The summed E-state index contributed by atoms with van der Waals surface area (Å²) in [5, 5.41) is 9.63. The van der Waals surface area contributed by atoms with Crippen LogP contribution in [-0.2, 0) is 4.89 Å². The van der Waals surface area contributed by atoms with E-state index in [0.29, 0.717) is 17.9 Å². The Hall–Kier alpha value is -2.63. The van der Waals surface area contributed by atoms with Gasteiger partial charge < -0.3 is 9.15 Å². The van der Waals surface area contributed by atoms with Gasteiger partial charge in [-0.1, -0.05) is 29.4 Å². The normalized spacial score (nSPS) is 13.4. The number of allylic oxidation sites excluding steroid dienone is 4. The van der Waals surface area contributed by atoms with Crippen LogP contribution in [0.1, 0.15) is 47.0 Å². The lowest BCUT2D eigenvalue weighted by Crippen LogP contribution is -2.18. The molecule has 0 atom stereocenters. The third-order valence-corrected chi connectivity index (χ3v) is 4.50. The van der Waals surface area contributed by atoms with E-state index in [-0.39, 0.29) is 5.63 Å². The third kappa shape index (κ3) is 8.10. The number of hydrogen-bond acceptors (Lipinski definition) is 5. The van der Waals surface area contributed by atoms with Gasteiger partial charge in [-0.25, -0.2) is 9.68 Å². The van der Waals surface area contributed by atoms with Crippen LogP contribution < -0.4 is 10.4 Å². The molecule has 0 amide bonds. The van der Waals surface area contributed by atoms with Crippen LogP contribution in [0.5, 0.6) is 5.75 Å². The van der Waals surface area contributed by atoms with Crippen LogP contribution in [0.4, 0.5) is 0 Å². The molecule has 5 heteroatoms. The fourth-order valence-corrected chi connectivity index (χ4v) is 2.70. The van der Waals surface area contributed by atoms with Gasteiger partial charge in [0, 0.05) is 17.5 Å². The number of benzene rings is 1. The maximum Gasteiger partial charge on any atom is 0.336 e. The molecule has 0 saturated heterocycles. The minimum Gasteiger partial charge on any atom is -0.489 e. The summed E-state index contributed by atoms with van der Waals surface area (Å²) < 4.78 is 10.9. The Morgan fingerprint density at radius 3 is 2.66 bits per heavy atom. The number of hydrogen-bond donors (Lipinski definition) is 1. The van der Waals surface area contributed by atoms with Gasteiger partial charge in [0.2, 0.25) is 0 Å². The largest absolute Gasteiger partial charge is 0.489 e. The van der Waals surface area contributed by atoms with Crippen LogP contribution in [0.2, 0.25) is 0 Å². The molecule has 0 spiro atoms. The summed E-state index contributed by atoms with van der Waals surface area (Å²) in [7, 11) is 0. The minimum atomic E-state index is -0.657. The van der Waals surface area contributed by atoms with Crippen LogP contribution in [0, 0.1) is 0 Å². The Kier molecular flexibility index (Phi) is 8.43. The predicted octanol–water partition coefficient (Wildman–Crippen LogP) is 6.06. The van der Waals surface area contributed by atoms with Crippen molar-refractivity contribution in [2.24, 2.45) is 0 Å². The van der Waals surface area contributed by atoms with E-state index in [9.17, 15) is 4.79 Å². The molecule has 0 radical (unpaired) electrons. The van der Waals surface area contributed by atoms with Crippen LogP contribution >= 0.6 is 0 Å². The summed E-state index contributed by atoms with van der Waals surface area (Å²) in [5.74, 6) is 0.674. The molecule has 0 unspecified atom stereocenters. The smallest absolute Gasteiger partial charge is 0.336 e. The lowest BCUT2D eigenvalue weighted by atomic mass is 10.1. The Balaban J connectivity index is 1.78. The highest BCUT2D eigenvalue weighted by molar-refractivity contribution is 5.77. The van der Waals surface area contributed by atoms with Crippen molar-refractivity contribution in [3.05, 3.63) is 76.2 Å². The summed E-state index contributed by atoms with van der Waals surface area (Å²) in [6, 6.07) is 8.63. The average Bonchev–Trinajstić information content (AvgIpc) is 2.67. The van der Waals surface area contributed by atoms with E-state index < -0.39 is 5.60 Å². The van der Waals surface area contributed by atoms with Crippen LogP contribution in [-0.4, -0.2) is 17.5 Å². The summed E-state index contributed by atoms with van der Waals surface area (Å²) in [6.45, 7) is 8.25. The standard InChI is InChI=1S/C24H30O5/c1-18(9-6-15-24(3,4)29-26)7-5-8-19(2)14-16-27-21-12-10-20-11-13-23(25)28-22(20)17-21/h6-7,10-15,17,26H,5,8-9,16H2,1-4H3.